The lowest BCUT2D eigenvalue weighted by Gasteiger charge is -2.29. The molecule has 1 fully saturated rings. The summed E-state index contributed by atoms with van der Waals surface area (Å²) < 4.78 is 5.48. The van der Waals surface area contributed by atoms with Crippen LogP contribution in [0.1, 0.15) is 19.3 Å². The SMILES string of the molecule is CSC(=NOC(=O)N(C)C1CCCCO1)C(=O)N(C)C. The average molecular weight is 303 g/mol. The fraction of sp³-hybridized carbons (Fsp3) is 0.750. The number of rotatable bonds is 2. The molecule has 2 amide bonds. The minimum Gasteiger partial charge on any atom is -0.358 e. The number of nitrogens with zero attached hydrogens (tertiary/aromatic N) is 3. The van der Waals surface area contributed by atoms with E-state index in [0.29, 0.717) is 6.61 Å². The third-order valence-corrected chi connectivity index (χ3v) is 3.50. The summed E-state index contributed by atoms with van der Waals surface area (Å²) in [5.41, 5.74) is 0. The molecule has 0 aromatic heterocycles. The van der Waals surface area contributed by atoms with Crippen molar-refractivity contribution in [2.75, 3.05) is 34.0 Å². The topological polar surface area (TPSA) is 71.4 Å². The molecule has 1 saturated heterocycles. The number of oxime groups is 1. The van der Waals surface area contributed by atoms with Gasteiger partial charge < -0.3 is 9.64 Å². The van der Waals surface area contributed by atoms with Gasteiger partial charge in [-0.3, -0.25) is 14.5 Å². The summed E-state index contributed by atoms with van der Waals surface area (Å²) in [7, 11) is 4.82. The van der Waals surface area contributed by atoms with Crippen molar-refractivity contribution in [3.8, 4) is 0 Å². The van der Waals surface area contributed by atoms with E-state index in [0.717, 1.165) is 31.0 Å². The van der Waals surface area contributed by atoms with E-state index < -0.39 is 6.09 Å². The van der Waals surface area contributed by atoms with Crippen LogP contribution in [0, 0.1) is 0 Å². The number of thioether (sulfide) groups is 1. The molecule has 8 heteroatoms. The Morgan fingerprint density at radius 3 is 2.50 bits per heavy atom. The zero-order valence-corrected chi connectivity index (χ0v) is 13.1. The van der Waals surface area contributed by atoms with Crippen molar-refractivity contribution in [1.82, 2.24) is 9.80 Å². The zero-order chi connectivity index (χ0) is 15.1. The highest BCUT2D eigenvalue weighted by Gasteiger charge is 2.24. The Kier molecular flexibility index (Phi) is 6.80. The second-order valence-corrected chi connectivity index (χ2v) is 5.38. The van der Waals surface area contributed by atoms with Crippen molar-refractivity contribution in [2.45, 2.75) is 25.5 Å². The van der Waals surface area contributed by atoms with Crippen LogP contribution in [0.5, 0.6) is 0 Å². The predicted molar refractivity (Wildman–Crippen MR) is 77.5 cm³/mol. The number of hydrogen-bond donors (Lipinski definition) is 0. The van der Waals surface area contributed by atoms with Gasteiger partial charge in [-0.15, -0.1) is 11.8 Å². The lowest BCUT2D eigenvalue weighted by atomic mass is 10.2. The minimum absolute atomic E-state index is 0.126. The molecule has 0 spiro atoms. The van der Waals surface area contributed by atoms with E-state index in [9.17, 15) is 9.59 Å². The van der Waals surface area contributed by atoms with Gasteiger partial charge in [0.2, 0.25) is 5.04 Å². The number of hydrogen-bond acceptors (Lipinski definition) is 6. The van der Waals surface area contributed by atoms with E-state index in [-0.39, 0.29) is 17.2 Å². The summed E-state index contributed by atoms with van der Waals surface area (Å²) in [4.78, 5) is 31.1. The fourth-order valence-corrected chi connectivity index (χ4v) is 2.12. The molecule has 0 aromatic carbocycles. The highest BCUT2D eigenvalue weighted by Crippen LogP contribution is 2.16. The summed E-state index contributed by atoms with van der Waals surface area (Å²) in [6.45, 7) is 0.640. The first kappa shape index (κ1) is 16.8. The van der Waals surface area contributed by atoms with Crippen molar-refractivity contribution in [2.24, 2.45) is 5.16 Å². The second kappa shape index (κ2) is 8.11. The number of carbonyl (C=O) groups excluding carboxylic acids is 2. The van der Waals surface area contributed by atoms with Gasteiger partial charge in [-0.1, -0.05) is 5.16 Å². The third kappa shape index (κ3) is 4.68. The molecule has 0 saturated carbocycles. The Morgan fingerprint density at radius 2 is 2.00 bits per heavy atom. The number of amides is 2. The molecule has 1 rings (SSSR count). The van der Waals surface area contributed by atoms with E-state index in [2.05, 4.69) is 5.16 Å². The van der Waals surface area contributed by atoms with Gasteiger partial charge in [0.25, 0.3) is 5.91 Å². The first-order valence-corrected chi connectivity index (χ1v) is 7.59. The van der Waals surface area contributed by atoms with E-state index >= 15 is 0 Å². The highest BCUT2D eigenvalue weighted by atomic mass is 32.2. The van der Waals surface area contributed by atoms with Gasteiger partial charge >= 0.3 is 6.09 Å². The van der Waals surface area contributed by atoms with Crippen molar-refractivity contribution >= 4 is 28.8 Å². The number of ether oxygens (including phenoxy) is 1. The first-order chi connectivity index (χ1) is 9.47. The van der Waals surface area contributed by atoms with Crippen LogP contribution in [-0.4, -0.2) is 67.1 Å². The standard InChI is InChI=1S/C12H21N3O4S/c1-14(2)11(16)10(20-4)13-19-12(17)15(3)9-7-5-6-8-18-9/h9H,5-8H2,1-4H3. The van der Waals surface area contributed by atoms with Crippen molar-refractivity contribution in [3.05, 3.63) is 0 Å². The van der Waals surface area contributed by atoms with Gasteiger partial charge in [0, 0.05) is 27.7 Å². The summed E-state index contributed by atoms with van der Waals surface area (Å²) in [5, 5.41) is 3.75. The van der Waals surface area contributed by atoms with E-state index in [1.807, 2.05) is 0 Å². The molecule has 1 unspecified atom stereocenters. The van der Waals surface area contributed by atoms with Crippen LogP contribution in [0.4, 0.5) is 4.79 Å². The Labute approximate surface area is 123 Å². The Morgan fingerprint density at radius 1 is 1.30 bits per heavy atom. The average Bonchev–Trinajstić information content (AvgIpc) is 2.47. The Balaban J connectivity index is 2.57. The molecule has 1 heterocycles. The van der Waals surface area contributed by atoms with Gasteiger partial charge in [0.15, 0.2) is 0 Å². The molecule has 7 nitrogen and oxygen atoms in total. The molecular formula is C12H21N3O4S. The molecule has 0 bridgehead atoms. The molecule has 0 N–H and O–H groups in total. The minimum atomic E-state index is -0.630. The molecule has 0 aliphatic carbocycles. The fourth-order valence-electron chi connectivity index (χ4n) is 1.65. The first-order valence-electron chi connectivity index (χ1n) is 6.36. The maximum Gasteiger partial charge on any atom is 0.437 e. The van der Waals surface area contributed by atoms with Crippen LogP contribution in [0.25, 0.3) is 0 Å². The van der Waals surface area contributed by atoms with Gasteiger partial charge in [-0.05, 0) is 25.5 Å². The van der Waals surface area contributed by atoms with Crippen LogP contribution in [0.15, 0.2) is 5.16 Å². The third-order valence-electron chi connectivity index (χ3n) is 2.86. The van der Waals surface area contributed by atoms with E-state index in [4.69, 9.17) is 9.57 Å². The zero-order valence-electron chi connectivity index (χ0n) is 12.3. The molecule has 0 aromatic rings. The van der Waals surface area contributed by atoms with Crippen molar-refractivity contribution < 1.29 is 19.2 Å². The van der Waals surface area contributed by atoms with E-state index in [1.165, 1.54) is 9.80 Å². The molecular weight excluding hydrogens is 282 g/mol. The molecule has 0 radical (unpaired) electrons. The van der Waals surface area contributed by atoms with E-state index in [1.54, 1.807) is 27.4 Å². The van der Waals surface area contributed by atoms with Crippen LogP contribution >= 0.6 is 11.8 Å². The summed E-state index contributed by atoms with van der Waals surface area (Å²) in [6.07, 6.45) is 3.58. The molecule has 1 atom stereocenters. The maximum absolute atomic E-state index is 11.8. The van der Waals surface area contributed by atoms with Crippen LogP contribution in [0.3, 0.4) is 0 Å². The van der Waals surface area contributed by atoms with Gasteiger partial charge in [0.05, 0.1) is 0 Å². The van der Waals surface area contributed by atoms with Crippen molar-refractivity contribution in [3.63, 3.8) is 0 Å². The van der Waals surface area contributed by atoms with Gasteiger partial charge in [0.1, 0.15) is 6.23 Å². The Bertz CT molecular complexity index is 381. The molecule has 1 aliphatic rings. The smallest absolute Gasteiger partial charge is 0.358 e. The second-order valence-electron chi connectivity index (χ2n) is 4.59. The normalized spacial score (nSPS) is 19.4. The molecule has 20 heavy (non-hydrogen) atoms. The lowest BCUT2D eigenvalue weighted by molar-refractivity contribution is -0.121. The monoisotopic (exact) mass is 303 g/mol. The van der Waals surface area contributed by atoms with Crippen LogP contribution in [0.2, 0.25) is 0 Å². The summed E-state index contributed by atoms with van der Waals surface area (Å²) >= 11 is 1.13. The van der Waals surface area contributed by atoms with Gasteiger partial charge in [-0.2, -0.15) is 0 Å². The quantitative estimate of drug-likeness (QED) is 0.333. The van der Waals surface area contributed by atoms with Gasteiger partial charge in [-0.25, -0.2) is 4.79 Å². The summed E-state index contributed by atoms with van der Waals surface area (Å²) in [6, 6.07) is 0. The lowest BCUT2D eigenvalue weighted by Crippen LogP contribution is -2.40. The Hall–Kier alpha value is -1.28. The molecule has 114 valence electrons. The summed E-state index contributed by atoms with van der Waals surface area (Å²) in [5.74, 6) is -0.304. The van der Waals surface area contributed by atoms with Crippen LogP contribution < -0.4 is 0 Å². The maximum atomic E-state index is 11.8. The van der Waals surface area contributed by atoms with Crippen LogP contribution in [-0.2, 0) is 14.4 Å². The number of carbonyl (C=O) groups is 2. The largest absolute Gasteiger partial charge is 0.437 e. The highest BCUT2D eigenvalue weighted by molar-refractivity contribution is 8.15. The molecule has 1 aliphatic heterocycles. The predicted octanol–water partition coefficient (Wildman–Crippen LogP) is 1.35. The van der Waals surface area contributed by atoms with Crippen molar-refractivity contribution in [1.29, 1.82) is 0 Å².